The van der Waals surface area contributed by atoms with Gasteiger partial charge in [-0.05, 0) is 43.8 Å². The van der Waals surface area contributed by atoms with E-state index in [9.17, 15) is 13.2 Å². The van der Waals surface area contributed by atoms with Crippen molar-refractivity contribution >= 4 is 15.9 Å². The Morgan fingerprint density at radius 1 is 1.26 bits per heavy atom. The lowest BCUT2D eigenvalue weighted by molar-refractivity contribution is 0.1000. The second-order valence-electron chi connectivity index (χ2n) is 4.40. The van der Waals surface area contributed by atoms with Crippen LogP contribution in [0.3, 0.4) is 0 Å². The first-order valence-corrected chi connectivity index (χ1v) is 7.39. The van der Waals surface area contributed by atoms with Crippen LogP contribution in [-0.4, -0.2) is 34.5 Å². The standard InChI is InChI=1S/C12H19N3O3S/c1-9(7-14-2)8-15-19(17,18)11-5-3-10(4-6-11)12(13)16/h3-6,9,14-15H,7-8H2,1-2H3,(H2,13,16). The van der Waals surface area contributed by atoms with Gasteiger partial charge in [0.1, 0.15) is 0 Å². The maximum Gasteiger partial charge on any atom is 0.248 e. The number of rotatable bonds is 7. The zero-order valence-corrected chi connectivity index (χ0v) is 11.8. The summed E-state index contributed by atoms with van der Waals surface area (Å²) in [6.45, 7) is 3.01. The molecule has 0 aromatic heterocycles. The Morgan fingerprint density at radius 3 is 2.32 bits per heavy atom. The molecular formula is C12H19N3O3S. The Bertz CT molecular complexity index is 526. The third-order valence-electron chi connectivity index (χ3n) is 2.62. The number of carbonyl (C=O) groups excluding carboxylic acids is 1. The van der Waals surface area contributed by atoms with Crippen LogP contribution in [0.5, 0.6) is 0 Å². The van der Waals surface area contributed by atoms with Crippen molar-refractivity contribution in [2.24, 2.45) is 11.7 Å². The molecule has 1 amide bonds. The highest BCUT2D eigenvalue weighted by molar-refractivity contribution is 7.89. The highest BCUT2D eigenvalue weighted by Gasteiger charge is 2.15. The molecule has 1 aromatic rings. The topological polar surface area (TPSA) is 101 Å². The monoisotopic (exact) mass is 285 g/mol. The molecule has 0 heterocycles. The fourth-order valence-corrected chi connectivity index (χ4v) is 2.72. The fraction of sp³-hybridized carbons (Fsp3) is 0.417. The average molecular weight is 285 g/mol. The zero-order valence-electron chi connectivity index (χ0n) is 11.0. The molecule has 0 bridgehead atoms. The van der Waals surface area contributed by atoms with Gasteiger partial charge >= 0.3 is 0 Å². The Morgan fingerprint density at radius 2 is 1.84 bits per heavy atom. The lowest BCUT2D eigenvalue weighted by Gasteiger charge is -2.12. The molecule has 0 saturated carbocycles. The second kappa shape index (κ2) is 6.65. The first-order valence-electron chi connectivity index (χ1n) is 5.91. The normalized spacial score (nSPS) is 13.2. The van der Waals surface area contributed by atoms with Crippen LogP contribution in [0.1, 0.15) is 17.3 Å². The van der Waals surface area contributed by atoms with Crippen molar-refractivity contribution < 1.29 is 13.2 Å². The molecule has 0 spiro atoms. The molecule has 4 N–H and O–H groups in total. The molecule has 0 aliphatic carbocycles. The first kappa shape index (κ1) is 15.6. The molecule has 6 nitrogen and oxygen atoms in total. The van der Waals surface area contributed by atoms with Gasteiger partial charge in [-0.15, -0.1) is 0 Å². The summed E-state index contributed by atoms with van der Waals surface area (Å²) in [7, 11) is -1.73. The van der Waals surface area contributed by atoms with Gasteiger partial charge < -0.3 is 11.1 Å². The summed E-state index contributed by atoms with van der Waals surface area (Å²) in [5, 5.41) is 2.98. The van der Waals surface area contributed by atoms with Crippen molar-refractivity contribution in [3.8, 4) is 0 Å². The van der Waals surface area contributed by atoms with E-state index in [0.29, 0.717) is 6.54 Å². The fourth-order valence-electron chi connectivity index (χ4n) is 1.55. The van der Waals surface area contributed by atoms with Crippen molar-refractivity contribution in [1.29, 1.82) is 0 Å². The maximum atomic E-state index is 12.0. The van der Waals surface area contributed by atoms with Gasteiger partial charge in [-0.2, -0.15) is 0 Å². The van der Waals surface area contributed by atoms with Gasteiger partial charge in [-0.1, -0.05) is 6.92 Å². The van der Waals surface area contributed by atoms with Crippen LogP contribution in [0.2, 0.25) is 0 Å². The van der Waals surface area contributed by atoms with Gasteiger partial charge in [0, 0.05) is 12.1 Å². The number of hydrogen-bond acceptors (Lipinski definition) is 4. The molecule has 1 aromatic carbocycles. The molecule has 1 atom stereocenters. The van der Waals surface area contributed by atoms with Crippen LogP contribution in [0.15, 0.2) is 29.2 Å². The quantitative estimate of drug-likeness (QED) is 0.652. The number of nitrogens with one attached hydrogen (secondary N) is 2. The highest BCUT2D eigenvalue weighted by Crippen LogP contribution is 2.10. The molecule has 0 saturated heterocycles. The summed E-state index contributed by atoms with van der Waals surface area (Å²) in [6.07, 6.45) is 0. The smallest absolute Gasteiger partial charge is 0.248 e. The molecule has 19 heavy (non-hydrogen) atoms. The van der Waals surface area contributed by atoms with Gasteiger partial charge in [0.15, 0.2) is 0 Å². The molecule has 1 unspecified atom stereocenters. The Balaban J connectivity index is 2.74. The summed E-state index contributed by atoms with van der Waals surface area (Å²) < 4.78 is 26.5. The molecule has 1 rings (SSSR count). The van der Waals surface area contributed by atoms with E-state index >= 15 is 0 Å². The summed E-state index contributed by atoms with van der Waals surface area (Å²) in [4.78, 5) is 11.0. The van der Waals surface area contributed by atoms with E-state index in [1.54, 1.807) is 0 Å². The van der Waals surface area contributed by atoms with E-state index in [4.69, 9.17) is 5.73 Å². The number of amides is 1. The Labute approximate surface area is 113 Å². The third kappa shape index (κ3) is 4.62. The minimum Gasteiger partial charge on any atom is -0.366 e. The summed E-state index contributed by atoms with van der Waals surface area (Å²) in [5.74, 6) is -0.399. The van der Waals surface area contributed by atoms with Gasteiger partial charge in [0.05, 0.1) is 4.90 Å². The van der Waals surface area contributed by atoms with E-state index in [-0.39, 0.29) is 16.4 Å². The molecule has 106 valence electrons. The number of sulfonamides is 1. The van der Waals surface area contributed by atoms with Crippen LogP contribution in [0, 0.1) is 5.92 Å². The van der Waals surface area contributed by atoms with Crippen molar-refractivity contribution in [3.05, 3.63) is 29.8 Å². The van der Waals surface area contributed by atoms with Crippen molar-refractivity contribution in [1.82, 2.24) is 10.0 Å². The van der Waals surface area contributed by atoms with Gasteiger partial charge in [0.25, 0.3) is 0 Å². The van der Waals surface area contributed by atoms with E-state index in [0.717, 1.165) is 6.54 Å². The molecule has 0 radical (unpaired) electrons. The van der Waals surface area contributed by atoms with Crippen LogP contribution >= 0.6 is 0 Å². The maximum absolute atomic E-state index is 12.0. The average Bonchev–Trinajstić information content (AvgIpc) is 2.37. The van der Waals surface area contributed by atoms with Crippen molar-refractivity contribution in [2.75, 3.05) is 20.1 Å². The van der Waals surface area contributed by atoms with Crippen LogP contribution < -0.4 is 15.8 Å². The molecular weight excluding hydrogens is 266 g/mol. The molecule has 0 aliphatic rings. The summed E-state index contributed by atoms with van der Waals surface area (Å²) >= 11 is 0. The van der Waals surface area contributed by atoms with E-state index in [1.165, 1.54) is 24.3 Å². The van der Waals surface area contributed by atoms with E-state index < -0.39 is 15.9 Å². The molecule has 7 heteroatoms. The number of primary amides is 1. The minimum atomic E-state index is -3.55. The van der Waals surface area contributed by atoms with Crippen molar-refractivity contribution in [2.45, 2.75) is 11.8 Å². The largest absolute Gasteiger partial charge is 0.366 e. The third-order valence-corrected chi connectivity index (χ3v) is 4.06. The number of benzene rings is 1. The summed E-state index contributed by atoms with van der Waals surface area (Å²) in [5.41, 5.74) is 5.37. The summed E-state index contributed by atoms with van der Waals surface area (Å²) in [6, 6.07) is 5.53. The van der Waals surface area contributed by atoms with E-state index in [2.05, 4.69) is 10.0 Å². The minimum absolute atomic E-state index is 0.120. The highest BCUT2D eigenvalue weighted by atomic mass is 32.2. The van der Waals surface area contributed by atoms with Gasteiger partial charge in [-0.25, -0.2) is 13.1 Å². The van der Waals surface area contributed by atoms with Crippen LogP contribution in [0.4, 0.5) is 0 Å². The molecule has 0 aliphatic heterocycles. The van der Waals surface area contributed by atoms with Crippen molar-refractivity contribution in [3.63, 3.8) is 0 Å². The number of nitrogens with two attached hydrogens (primary N) is 1. The van der Waals surface area contributed by atoms with Crippen LogP contribution in [0.25, 0.3) is 0 Å². The number of hydrogen-bond donors (Lipinski definition) is 3. The Hall–Kier alpha value is -1.44. The van der Waals surface area contributed by atoms with Crippen LogP contribution in [-0.2, 0) is 10.0 Å². The Kier molecular flexibility index (Phi) is 5.46. The lowest BCUT2D eigenvalue weighted by atomic mass is 10.2. The SMILES string of the molecule is CNCC(C)CNS(=O)(=O)c1ccc(C(N)=O)cc1. The van der Waals surface area contributed by atoms with Gasteiger partial charge in [0.2, 0.25) is 15.9 Å². The lowest BCUT2D eigenvalue weighted by Crippen LogP contribution is -2.32. The predicted molar refractivity (Wildman–Crippen MR) is 73.2 cm³/mol. The van der Waals surface area contributed by atoms with E-state index in [1.807, 2.05) is 14.0 Å². The van der Waals surface area contributed by atoms with Gasteiger partial charge in [-0.3, -0.25) is 4.79 Å². The second-order valence-corrected chi connectivity index (χ2v) is 6.17. The first-order chi connectivity index (χ1) is 8.86. The number of carbonyl (C=O) groups is 1. The molecule has 0 fully saturated rings. The zero-order chi connectivity index (χ0) is 14.5. The predicted octanol–water partition coefficient (Wildman–Crippen LogP) is -0.0807.